The fraction of sp³-hybridized carbons (Fsp3) is 0.250. The number of benzene rings is 1. The third-order valence-corrected chi connectivity index (χ3v) is 1.25. The van der Waals surface area contributed by atoms with E-state index in [1.165, 1.54) is 5.56 Å². The summed E-state index contributed by atoms with van der Waals surface area (Å²) in [5, 5.41) is 0. The van der Waals surface area contributed by atoms with Crippen LogP contribution in [0.25, 0.3) is 0 Å². The molecule has 0 spiro atoms. The van der Waals surface area contributed by atoms with Gasteiger partial charge < -0.3 is 0 Å². The van der Waals surface area contributed by atoms with Gasteiger partial charge in [-0.3, -0.25) is 0 Å². The lowest BCUT2D eigenvalue weighted by Crippen LogP contribution is -1.73. The fourth-order valence-corrected chi connectivity index (χ4v) is 0.714. The van der Waals surface area contributed by atoms with Gasteiger partial charge in [-0.15, -0.1) is 0 Å². The summed E-state index contributed by atoms with van der Waals surface area (Å²) in [6.45, 7) is 2.16. The van der Waals surface area contributed by atoms with E-state index in [9.17, 15) is 0 Å². The molecule has 0 N–H and O–H groups in total. The van der Waals surface area contributed by atoms with Crippen LogP contribution in [0.5, 0.6) is 0 Å². The zero-order valence-electron chi connectivity index (χ0n) is 5.09. The summed E-state index contributed by atoms with van der Waals surface area (Å²) in [6, 6.07) is 10.5. The Labute approximate surface area is 50.2 Å². The van der Waals surface area contributed by atoms with Crippen molar-refractivity contribution in [3.63, 3.8) is 0 Å². The topological polar surface area (TPSA) is 0 Å². The van der Waals surface area contributed by atoms with Gasteiger partial charge in [-0.25, -0.2) is 0 Å². The molecule has 1 rings (SSSR count). The standard InChI is InChI=1S/C8H10/c1-2-8-6-4-3-5-7-8/h3-7H,2H2,1H3/i1+1. The second-order valence-corrected chi connectivity index (χ2v) is 1.84. The summed E-state index contributed by atoms with van der Waals surface area (Å²) in [4.78, 5) is 0. The molecule has 0 bridgehead atoms. The Morgan fingerprint density at radius 3 is 2.12 bits per heavy atom. The minimum atomic E-state index is 1.14. The molecule has 0 atom stereocenters. The molecule has 8 heavy (non-hydrogen) atoms. The maximum atomic E-state index is 2.16. The van der Waals surface area contributed by atoms with Crippen molar-refractivity contribution in [1.29, 1.82) is 0 Å². The summed E-state index contributed by atoms with van der Waals surface area (Å²) in [5.74, 6) is 0. The molecule has 0 aliphatic carbocycles. The van der Waals surface area contributed by atoms with Crippen LogP contribution in [0.2, 0.25) is 0 Å². The van der Waals surface area contributed by atoms with Crippen LogP contribution in [0.1, 0.15) is 12.5 Å². The van der Waals surface area contributed by atoms with E-state index in [-0.39, 0.29) is 0 Å². The number of hydrogen-bond donors (Lipinski definition) is 0. The fourth-order valence-electron chi connectivity index (χ4n) is 0.714. The van der Waals surface area contributed by atoms with Gasteiger partial charge in [-0.1, -0.05) is 37.3 Å². The summed E-state index contributed by atoms with van der Waals surface area (Å²) in [5.41, 5.74) is 1.41. The lowest BCUT2D eigenvalue weighted by molar-refractivity contribution is 1.14. The molecule has 0 heteroatoms. The van der Waals surface area contributed by atoms with Gasteiger partial charge in [0.05, 0.1) is 0 Å². The second-order valence-electron chi connectivity index (χ2n) is 1.84. The maximum absolute atomic E-state index is 2.16. The van der Waals surface area contributed by atoms with Crippen LogP contribution in [0.15, 0.2) is 30.3 Å². The van der Waals surface area contributed by atoms with Gasteiger partial charge >= 0.3 is 0 Å². The molecule has 0 saturated heterocycles. The molecule has 0 unspecified atom stereocenters. The normalized spacial score (nSPS) is 9.12. The van der Waals surface area contributed by atoms with Gasteiger partial charge in [0.2, 0.25) is 0 Å². The van der Waals surface area contributed by atoms with Gasteiger partial charge in [0.1, 0.15) is 0 Å². The molecular formula is C8H10. The Kier molecular flexibility index (Phi) is 1.68. The van der Waals surface area contributed by atoms with E-state index in [0.717, 1.165) is 6.42 Å². The Bertz CT molecular complexity index is 141. The van der Waals surface area contributed by atoms with Crippen molar-refractivity contribution < 1.29 is 0 Å². The van der Waals surface area contributed by atoms with Crippen molar-refractivity contribution in [2.24, 2.45) is 0 Å². The summed E-state index contributed by atoms with van der Waals surface area (Å²) in [6.07, 6.45) is 1.14. The van der Waals surface area contributed by atoms with Crippen LogP contribution in [0.3, 0.4) is 0 Å². The van der Waals surface area contributed by atoms with E-state index in [4.69, 9.17) is 0 Å². The van der Waals surface area contributed by atoms with E-state index < -0.39 is 0 Å². The zero-order valence-corrected chi connectivity index (χ0v) is 5.09. The lowest BCUT2D eigenvalue weighted by atomic mass is 10.2. The second kappa shape index (κ2) is 2.51. The molecule has 0 aliphatic heterocycles. The quantitative estimate of drug-likeness (QED) is 0.483. The van der Waals surface area contributed by atoms with Crippen molar-refractivity contribution in [2.45, 2.75) is 13.3 Å². The largest absolute Gasteiger partial charge is 0.0622 e. The molecule has 0 fully saturated rings. The molecule has 0 saturated carbocycles. The van der Waals surface area contributed by atoms with E-state index in [2.05, 4.69) is 31.2 Å². The van der Waals surface area contributed by atoms with E-state index in [1.54, 1.807) is 0 Å². The Morgan fingerprint density at radius 1 is 1.12 bits per heavy atom. The first kappa shape index (κ1) is 5.36. The average Bonchev–Trinajstić information content (AvgIpc) is 1.90. The van der Waals surface area contributed by atoms with Gasteiger partial charge in [0.25, 0.3) is 0 Å². The highest BCUT2D eigenvalue weighted by atomic mass is 14.0. The maximum Gasteiger partial charge on any atom is -0.0307 e. The van der Waals surface area contributed by atoms with Crippen molar-refractivity contribution >= 4 is 0 Å². The summed E-state index contributed by atoms with van der Waals surface area (Å²) >= 11 is 0. The van der Waals surface area contributed by atoms with Crippen LogP contribution in [0.4, 0.5) is 0 Å². The van der Waals surface area contributed by atoms with Gasteiger partial charge in [0.15, 0.2) is 0 Å². The molecule has 0 nitrogen and oxygen atoms in total. The van der Waals surface area contributed by atoms with Crippen LogP contribution in [-0.4, -0.2) is 0 Å². The van der Waals surface area contributed by atoms with Crippen molar-refractivity contribution in [3.05, 3.63) is 35.9 Å². The van der Waals surface area contributed by atoms with Crippen molar-refractivity contribution in [2.75, 3.05) is 0 Å². The average molecular weight is 107 g/mol. The zero-order chi connectivity index (χ0) is 5.82. The first-order valence-corrected chi connectivity index (χ1v) is 2.97. The SMILES string of the molecule is [13CH3]Cc1ccccc1. The van der Waals surface area contributed by atoms with E-state index in [1.807, 2.05) is 6.07 Å². The van der Waals surface area contributed by atoms with Crippen molar-refractivity contribution in [3.8, 4) is 0 Å². The molecule has 0 radical (unpaired) electrons. The first-order valence-electron chi connectivity index (χ1n) is 2.97. The van der Waals surface area contributed by atoms with Crippen molar-refractivity contribution in [1.82, 2.24) is 0 Å². The Morgan fingerprint density at radius 2 is 1.75 bits per heavy atom. The van der Waals surface area contributed by atoms with E-state index >= 15 is 0 Å². The molecule has 0 heterocycles. The highest BCUT2D eigenvalue weighted by molar-refractivity contribution is 5.13. The van der Waals surface area contributed by atoms with Crippen LogP contribution >= 0.6 is 0 Å². The smallest absolute Gasteiger partial charge is 0.0307 e. The van der Waals surface area contributed by atoms with Crippen LogP contribution in [0, 0.1) is 0 Å². The third-order valence-electron chi connectivity index (χ3n) is 1.25. The van der Waals surface area contributed by atoms with Crippen LogP contribution in [-0.2, 0) is 6.42 Å². The number of aryl methyl sites for hydroxylation is 1. The molecule has 1 aromatic rings. The lowest BCUT2D eigenvalue weighted by Gasteiger charge is -1.89. The number of hydrogen-bond acceptors (Lipinski definition) is 0. The van der Waals surface area contributed by atoms with Gasteiger partial charge in [-0.05, 0) is 12.0 Å². The molecular weight excluding hydrogens is 97.1 g/mol. The number of rotatable bonds is 1. The molecule has 42 valence electrons. The predicted molar refractivity (Wildman–Crippen MR) is 35.8 cm³/mol. The summed E-state index contributed by atoms with van der Waals surface area (Å²) < 4.78 is 0. The highest BCUT2D eigenvalue weighted by Gasteiger charge is 1.79. The predicted octanol–water partition coefficient (Wildman–Crippen LogP) is 2.25. The summed E-state index contributed by atoms with van der Waals surface area (Å²) in [7, 11) is 0. The molecule has 1 aromatic carbocycles. The molecule has 0 amide bonds. The molecule has 0 aromatic heterocycles. The Hall–Kier alpha value is -0.780. The molecule has 0 aliphatic rings. The van der Waals surface area contributed by atoms with Gasteiger partial charge in [-0.2, -0.15) is 0 Å². The van der Waals surface area contributed by atoms with Crippen LogP contribution < -0.4 is 0 Å². The minimum Gasteiger partial charge on any atom is -0.0622 e. The van der Waals surface area contributed by atoms with E-state index in [0.29, 0.717) is 0 Å². The Balaban J connectivity index is 2.83. The minimum absolute atomic E-state index is 1.14. The first-order chi connectivity index (χ1) is 3.93. The third kappa shape index (κ3) is 1.09. The monoisotopic (exact) mass is 107 g/mol. The van der Waals surface area contributed by atoms with Gasteiger partial charge in [0, 0.05) is 0 Å². The highest BCUT2D eigenvalue weighted by Crippen LogP contribution is 1.96.